The molecule has 0 unspecified atom stereocenters. The van der Waals surface area contributed by atoms with E-state index in [-0.39, 0.29) is 17.3 Å². The van der Waals surface area contributed by atoms with Gasteiger partial charge in [-0.3, -0.25) is 9.79 Å². The molecule has 2 aliphatic heterocycles. The Kier molecular flexibility index (Phi) is 8.02. The van der Waals surface area contributed by atoms with E-state index in [0.29, 0.717) is 0 Å². The van der Waals surface area contributed by atoms with Crippen LogP contribution in [0, 0.1) is 0 Å². The fourth-order valence-electron chi connectivity index (χ4n) is 2.08. The van der Waals surface area contributed by atoms with E-state index in [9.17, 15) is 9.18 Å². The van der Waals surface area contributed by atoms with Crippen LogP contribution >= 0.6 is 0 Å². The maximum atomic E-state index is 13.0. The fraction of sp³-hybridized carbons (Fsp3) is 0.647. The van der Waals surface area contributed by atoms with Crippen LogP contribution in [-0.2, 0) is 4.79 Å². The molecule has 0 aromatic heterocycles. The first-order valence-corrected chi connectivity index (χ1v) is 7.95. The predicted octanol–water partition coefficient (Wildman–Crippen LogP) is 3.26. The summed E-state index contributed by atoms with van der Waals surface area (Å²) in [7, 11) is 0. The minimum absolute atomic E-state index is 0.119. The number of aliphatic imine (C=N–C) groups is 1. The second-order valence-corrected chi connectivity index (χ2v) is 6.59. The molecule has 1 amide bonds. The van der Waals surface area contributed by atoms with Gasteiger partial charge >= 0.3 is 0 Å². The number of hydrogen-bond acceptors (Lipinski definition) is 3. The van der Waals surface area contributed by atoms with Crippen LogP contribution in [-0.4, -0.2) is 30.8 Å². The summed E-state index contributed by atoms with van der Waals surface area (Å²) in [5, 5.41) is 6.12. The van der Waals surface area contributed by atoms with Crippen LogP contribution in [0.1, 0.15) is 52.9 Å². The molecule has 0 saturated carbocycles. The van der Waals surface area contributed by atoms with E-state index in [1.807, 2.05) is 0 Å². The maximum absolute atomic E-state index is 13.0. The smallest absolute Gasteiger partial charge is 0.219 e. The first-order valence-electron chi connectivity index (χ1n) is 7.95. The summed E-state index contributed by atoms with van der Waals surface area (Å²) < 4.78 is 13.0. The Hall–Kier alpha value is -1.49. The van der Waals surface area contributed by atoms with Gasteiger partial charge in [0.25, 0.3) is 0 Å². The van der Waals surface area contributed by atoms with Gasteiger partial charge in [0.05, 0.1) is 6.20 Å². The number of allylic oxidation sites excluding steroid dienone is 2. The zero-order valence-corrected chi connectivity index (χ0v) is 13.9. The summed E-state index contributed by atoms with van der Waals surface area (Å²) in [5.41, 5.74) is 1.20. The van der Waals surface area contributed by atoms with Gasteiger partial charge in [0, 0.05) is 31.1 Å². The van der Waals surface area contributed by atoms with E-state index in [4.69, 9.17) is 0 Å². The Balaban J connectivity index is 0.000000287. The monoisotopic (exact) mass is 309 g/mol. The standard InChI is InChI=1S/C12H19FN2.C5H9NO/c1-12(2,3)15-7-5-10-4-6-14-9-11(13)8-10;7-5-3-1-2-4-6-5/h6,8-9,15H,4-5,7H2,1-3H3;1-4H2,(H,6,7). The van der Waals surface area contributed by atoms with Crippen LogP contribution in [0.2, 0.25) is 0 Å². The zero-order chi connectivity index (χ0) is 16.4. The van der Waals surface area contributed by atoms with Gasteiger partial charge in [0.15, 0.2) is 0 Å². The van der Waals surface area contributed by atoms with Crippen LogP contribution in [0.3, 0.4) is 0 Å². The highest BCUT2D eigenvalue weighted by atomic mass is 19.1. The van der Waals surface area contributed by atoms with Gasteiger partial charge in [-0.05, 0) is 52.7 Å². The maximum Gasteiger partial charge on any atom is 0.219 e. The minimum Gasteiger partial charge on any atom is -0.356 e. The lowest BCUT2D eigenvalue weighted by atomic mass is 10.1. The van der Waals surface area contributed by atoms with Crippen LogP contribution in [0.4, 0.5) is 4.39 Å². The van der Waals surface area contributed by atoms with Gasteiger partial charge in [-0.15, -0.1) is 0 Å². The van der Waals surface area contributed by atoms with Gasteiger partial charge in [-0.2, -0.15) is 0 Å². The van der Waals surface area contributed by atoms with Gasteiger partial charge in [-0.25, -0.2) is 4.39 Å². The molecule has 1 fully saturated rings. The van der Waals surface area contributed by atoms with Gasteiger partial charge in [0.1, 0.15) is 5.83 Å². The van der Waals surface area contributed by atoms with Crippen molar-refractivity contribution in [2.75, 3.05) is 13.1 Å². The average molecular weight is 309 g/mol. The summed E-state index contributed by atoms with van der Waals surface area (Å²) in [6, 6.07) is 0. The third-order valence-electron chi connectivity index (χ3n) is 3.25. The molecule has 2 heterocycles. The van der Waals surface area contributed by atoms with E-state index >= 15 is 0 Å². The number of halogens is 1. The van der Waals surface area contributed by atoms with Crippen molar-refractivity contribution in [2.24, 2.45) is 4.99 Å². The molecule has 0 aromatic rings. The molecule has 5 heteroatoms. The van der Waals surface area contributed by atoms with Crippen molar-refractivity contribution < 1.29 is 9.18 Å². The van der Waals surface area contributed by atoms with Crippen LogP contribution < -0.4 is 10.6 Å². The molecule has 0 aromatic carbocycles. The predicted molar refractivity (Wildman–Crippen MR) is 89.6 cm³/mol. The van der Waals surface area contributed by atoms with Crippen molar-refractivity contribution in [3.63, 3.8) is 0 Å². The molecular formula is C17H28FN3O. The van der Waals surface area contributed by atoms with Crippen molar-refractivity contribution >= 4 is 12.1 Å². The summed E-state index contributed by atoms with van der Waals surface area (Å²) in [5.74, 6) is -0.0410. The van der Waals surface area contributed by atoms with Crippen molar-refractivity contribution in [1.29, 1.82) is 0 Å². The lowest BCUT2D eigenvalue weighted by molar-refractivity contribution is -0.122. The highest BCUT2D eigenvalue weighted by Crippen LogP contribution is 2.14. The molecule has 4 nitrogen and oxygen atoms in total. The minimum atomic E-state index is -0.255. The number of nitrogens with one attached hydrogen (secondary N) is 2. The van der Waals surface area contributed by atoms with Crippen molar-refractivity contribution in [1.82, 2.24) is 10.6 Å². The molecule has 0 atom stereocenters. The molecule has 2 aliphatic rings. The van der Waals surface area contributed by atoms with Crippen molar-refractivity contribution in [2.45, 2.75) is 58.4 Å². The number of rotatable bonds is 3. The molecular weight excluding hydrogens is 281 g/mol. The summed E-state index contributed by atoms with van der Waals surface area (Å²) in [6.07, 6.45) is 9.16. The Labute approximate surface area is 133 Å². The molecule has 2 N–H and O–H groups in total. The lowest BCUT2D eigenvalue weighted by Crippen LogP contribution is -2.36. The quantitative estimate of drug-likeness (QED) is 0.840. The second-order valence-electron chi connectivity index (χ2n) is 6.59. The zero-order valence-electron chi connectivity index (χ0n) is 13.9. The second kappa shape index (κ2) is 9.51. The summed E-state index contributed by atoms with van der Waals surface area (Å²) in [4.78, 5) is 14.2. The Morgan fingerprint density at radius 3 is 2.68 bits per heavy atom. The number of carbonyl (C=O) groups is 1. The van der Waals surface area contributed by atoms with Gasteiger partial charge in [-0.1, -0.05) is 5.57 Å². The molecule has 1 saturated heterocycles. The Bertz CT molecular complexity index is 439. The number of hydrogen-bond donors (Lipinski definition) is 2. The Morgan fingerprint density at radius 2 is 2.14 bits per heavy atom. The fourth-order valence-corrected chi connectivity index (χ4v) is 2.08. The third-order valence-corrected chi connectivity index (χ3v) is 3.25. The molecule has 0 spiro atoms. The van der Waals surface area contributed by atoms with Crippen molar-refractivity contribution in [3.8, 4) is 0 Å². The van der Waals surface area contributed by atoms with Gasteiger partial charge < -0.3 is 10.6 Å². The lowest BCUT2D eigenvalue weighted by Gasteiger charge is -2.20. The number of carbonyl (C=O) groups excluding carboxylic acids is 1. The van der Waals surface area contributed by atoms with Crippen molar-refractivity contribution in [3.05, 3.63) is 23.7 Å². The van der Waals surface area contributed by atoms with E-state index in [2.05, 4.69) is 36.4 Å². The first kappa shape index (κ1) is 18.6. The normalized spacial score (nSPS) is 18.5. The molecule has 0 bridgehead atoms. The van der Waals surface area contributed by atoms with E-state index in [1.54, 1.807) is 12.3 Å². The first-order chi connectivity index (χ1) is 10.4. The molecule has 124 valence electrons. The van der Waals surface area contributed by atoms with E-state index in [0.717, 1.165) is 50.8 Å². The van der Waals surface area contributed by atoms with Crippen LogP contribution in [0.25, 0.3) is 0 Å². The number of nitrogens with zero attached hydrogens (tertiary/aromatic N) is 1. The number of piperidine rings is 1. The van der Waals surface area contributed by atoms with Crippen LogP contribution in [0.5, 0.6) is 0 Å². The van der Waals surface area contributed by atoms with E-state index < -0.39 is 0 Å². The molecule has 0 aliphatic carbocycles. The highest BCUT2D eigenvalue weighted by molar-refractivity contribution is 5.76. The van der Waals surface area contributed by atoms with Crippen LogP contribution in [0.15, 0.2) is 28.7 Å². The topological polar surface area (TPSA) is 53.5 Å². The number of amides is 1. The molecule has 2 rings (SSSR count). The molecule has 22 heavy (non-hydrogen) atoms. The van der Waals surface area contributed by atoms with Gasteiger partial charge in [0.2, 0.25) is 5.91 Å². The SMILES string of the molecule is CC(C)(C)NCCC1=CC(F)=CN=CC1.O=C1CCCCN1. The third kappa shape index (κ3) is 9.45. The largest absolute Gasteiger partial charge is 0.356 e. The van der Waals surface area contributed by atoms with E-state index in [1.165, 1.54) is 6.20 Å². The molecule has 0 radical (unpaired) electrons. The Morgan fingerprint density at radius 1 is 1.36 bits per heavy atom. The average Bonchev–Trinajstić information content (AvgIpc) is 2.63. The highest BCUT2D eigenvalue weighted by Gasteiger charge is 2.08. The summed E-state index contributed by atoms with van der Waals surface area (Å²) in [6.45, 7) is 8.12. The summed E-state index contributed by atoms with van der Waals surface area (Å²) >= 11 is 0.